The number of rotatable bonds is 21. The third kappa shape index (κ3) is 15.0. The Morgan fingerprint density at radius 3 is 2.45 bits per heavy atom. The highest BCUT2D eigenvalue weighted by Crippen LogP contribution is 2.38. The lowest BCUT2D eigenvalue weighted by atomic mass is 9.86. The fourth-order valence-electron chi connectivity index (χ4n) is 4.76. The summed E-state index contributed by atoms with van der Waals surface area (Å²) in [4.78, 5) is 50.1. The summed E-state index contributed by atoms with van der Waals surface area (Å²) in [6, 6.07) is 0. The van der Waals surface area contributed by atoms with Crippen LogP contribution in [-0.4, -0.2) is 64.4 Å². The highest BCUT2D eigenvalue weighted by Gasteiger charge is 2.40. The second-order valence-corrected chi connectivity index (χ2v) is 10.1. The van der Waals surface area contributed by atoms with Crippen molar-refractivity contribution in [3.8, 4) is 0 Å². The molecule has 1 saturated carbocycles. The number of aliphatic hydroxyl groups is 2. The molecule has 1 amide bonds. The summed E-state index contributed by atoms with van der Waals surface area (Å²) in [7, 11) is 0. The SMILES string of the molecule is CCCCCCCC(=O)CC[C@@H]1[C@@H](CC=CCCCC(=O)NCC(=O)OC(C)CO[N+](=O)[O-])[C@@H](O)C[C@H]1O. The van der Waals surface area contributed by atoms with Crippen LogP contribution in [0.1, 0.15) is 97.3 Å². The topological polar surface area (TPSA) is 165 Å². The molecule has 11 nitrogen and oxygen atoms in total. The number of hydrogen-bond donors (Lipinski definition) is 3. The molecule has 0 aliphatic heterocycles. The number of ketones is 1. The van der Waals surface area contributed by atoms with Crippen LogP contribution in [-0.2, 0) is 24.0 Å². The van der Waals surface area contributed by atoms with Crippen LogP contribution in [0.5, 0.6) is 0 Å². The van der Waals surface area contributed by atoms with Crippen molar-refractivity contribution in [1.82, 2.24) is 5.32 Å². The Hall–Kier alpha value is -2.53. The molecule has 0 aromatic rings. The van der Waals surface area contributed by atoms with Crippen LogP contribution >= 0.6 is 0 Å². The van der Waals surface area contributed by atoms with Gasteiger partial charge in [0.25, 0.3) is 5.09 Å². The lowest BCUT2D eigenvalue weighted by Crippen LogP contribution is -2.33. The second-order valence-electron chi connectivity index (χ2n) is 10.1. The summed E-state index contributed by atoms with van der Waals surface area (Å²) in [5.74, 6) is -0.981. The van der Waals surface area contributed by atoms with Crippen LogP contribution in [0.2, 0.25) is 0 Å². The minimum absolute atomic E-state index is 0.0916. The molecule has 1 unspecified atom stereocenters. The van der Waals surface area contributed by atoms with Gasteiger partial charge in [-0.05, 0) is 57.3 Å². The zero-order valence-corrected chi connectivity index (χ0v) is 22.8. The van der Waals surface area contributed by atoms with E-state index in [0.29, 0.717) is 44.9 Å². The fourth-order valence-corrected chi connectivity index (χ4v) is 4.76. The molecule has 218 valence electrons. The number of carbonyl (C=O) groups is 3. The number of hydrogen-bond acceptors (Lipinski definition) is 9. The van der Waals surface area contributed by atoms with E-state index < -0.39 is 29.4 Å². The predicted molar refractivity (Wildman–Crippen MR) is 140 cm³/mol. The van der Waals surface area contributed by atoms with E-state index in [-0.39, 0.29) is 43.1 Å². The summed E-state index contributed by atoms with van der Waals surface area (Å²) in [5.41, 5.74) is 0. The van der Waals surface area contributed by atoms with Gasteiger partial charge in [-0.3, -0.25) is 14.4 Å². The largest absolute Gasteiger partial charge is 0.459 e. The maximum Gasteiger partial charge on any atom is 0.325 e. The minimum atomic E-state index is -0.974. The van der Waals surface area contributed by atoms with Crippen molar-refractivity contribution >= 4 is 17.7 Å². The number of amides is 1. The Bertz CT molecular complexity index is 759. The third-order valence-electron chi connectivity index (χ3n) is 6.86. The molecule has 5 atom stereocenters. The molecule has 0 spiro atoms. The van der Waals surface area contributed by atoms with E-state index in [2.05, 4.69) is 17.1 Å². The summed E-state index contributed by atoms with van der Waals surface area (Å²) < 4.78 is 4.89. The summed E-state index contributed by atoms with van der Waals surface area (Å²) in [5, 5.41) is 32.4. The van der Waals surface area contributed by atoms with Crippen LogP contribution in [0, 0.1) is 22.0 Å². The molecule has 1 aliphatic rings. The molecule has 0 heterocycles. The van der Waals surface area contributed by atoms with E-state index in [4.69, 9.17) is 4.74 Å². The Balaban J connectivity index is 2.25. The molecule has 0 saturated heterocycles. The van der Waals surface area contributed by atoms with Gasteiger partial charge in [0.2, 0.25) is 5.91 Å². The molecule has 11 heteroatoms. The lowest BCUT2D eigenvalue weighted by molar-refractivity contribution is -0.759. The zero-order valence-electron chi connectivity index (χ0n) is 22.8. The first kappa shape index (κ1) is 33.5. The molecule has 1 fully saturated rings. The van der Waals surface area contributed by atoms with Crippen molar-refractivity contribution in [2.75, 3.05) is 13.2 Å². The van der Waals surface area contributed by atoms with Gasteiger partial charge in [-0.15, -0.1) is 10.1 Å². The van der Waals surface area contributed by atoms with Crippen molar-refractivity contribution in [2.24, 2.45) is 11.8 Å². The maximum absolute atomic E-state index is 12.3. The van der Waals surface area contributed by atoms with Crippen LogP contribution < -0.4 is 5.32 Å². The van der Waals surface area contributed by atoms with Crippen molar-refractivity contribution in [3.63, 3.8) is 0 Å². The van der Waals surface area contributed by atoms with Crippen LogP contribution in [0.15, 0.2) is 12.2 Å². The summed E-state index contributed by atoms with van der Waals surface area (Å²) in [6.45, 7) is 2.89. The molecule has 0 radical (unpaired) electrons. The van der Waals surface area contributed by atoms with Crippen molar-refractivity contribution in [1.29, 1.82) is 0 Å². The Labute approximate surface area is 225 Å². The highest BCUT2D eigenvalue weighted by molar-refractivity contribution is 5.81. The van der Waals surface area contributed by atoms with Crippen LogP contribution in [0.4, 0.5) is 0 Å². The number of allylic oxidation sites excluding steroid dienone is 2. The van der Waals surface area contributed by atoms with Gasteiger partial charge < -0.3 is 25.1 Å². The molecular weight excluding hydrogens is 496 g/mol. The van der Waals surface area contributed by atoms with Gasteiger partial charge >= 0.3 is 5.97 Å². The van der Waals surface area contributed by atoms with Gasteiger partial charge in [0.05, 0.1) is 12.2 Å². The molecular formula is C27H46N2O9. The third-order valence-corrected chi connectivity index (χ3v) is 6.86. The molecule has 1 aliphatic carbocycles. The standard InChI is InChI=1S/C27H46N2O9/c1-3-4-5-6-9-12-21(30)15-16-23-22(24(31)17-25(23)32)13-10-7-8-11-14-26(33)28-18-27(34)38-20(2)19-37-29(35)36/h7,10,20,22-25,31-32H,3-6,8-9,11-19H2,1-2H3,(H,28,33)/t20?,22-,23-,24+,25-/m1/s1. The van der Waals surface area contributed by atoms with Gasteiger partial charge in [0, 0.05) is 19.3 Å². The van der Waals surface area contributed by atoms with Gasteiger partial charge in [0.15, 0.2) is 0 Å². The Morgan fingerprint density at radius 1 is 1.03 bits per heavy atom. The number of carbonyl (C=O) groups excluding carboxylic acids is 3. The first-order valence-electron chi connectivity index (χ1n) is 13.9. The van der Waals surface area contributed by atoms with Gasteiger partial charge in [0.1, 0.15) is 25.0 Å². The van der Waals surface area contributed by atoms with E-state index in [1.165, 1.54) is 19.8 Å². The number of ether oxygens (including phenoxy) is 1. The lowest BCUT2D eigenvalue weighted by Gasteiger charge is -2.22. The van der Waals surface area contributed by atoms with E-state index in [1.54, 1.807) is 0 Å². The quantitative estimate of drug-likeness (QED) is 0.0647. The van der Waals surface area contributed by atoms with E-state index >= 15 is 0 Å². The smallest absolute Gasteiger partial charge is 0.325 e. The van der Waals surface area contributed by atoms with E-state index in [9.17, 15) is 34.7 Å². The highest BCUT2D eigenvalue weighted by atomic mass is 17.0. The first-order chi connectivity index (χ1) is 18.1. The number of nitrogens with zero attached hydrogens (tertiary/aromatic N) is 1. The van der Waals surface area contributed by atoms with Crippen molar-refractivity contribution in [3.05, 3.63) is 22.3 Å². The van der Waals surface area contributed by atoms with Gasteiger partial charge in [-0.25, -0.2) is 0 Å². The number of nitrogens with one attached hydrogen (secondary N) is 1. The van der Waals surface area contributed by atoms with Crippen molar-refractivity contribution in [2.45, 2.75) is 116 Å². The normalized spacial score (nSPS) is 21.8. The van der Waals surface area contributed by atoms with Crippen molar-refractivity contribution < 1.29 is 39.3 Å². The number of unbranched alkanes of at least 4 members (excludes halogenated alkanes) is 5. The average Bonchev–Trinajstić information content (AvgIpc) is 3.13. The monoisotopic (exact) mass is 542 g/mol. The number of Topliss-reactive ketones (excluding diaryl/α,β-unsaturated/α-hetero) is 1. The van der Waals surface area contributed by atoms with Crippen LogP contribution in [0.3, 0.4) is 0 Å². The Morgan fingerprint density at radius 2 is 1.74 bits per heavy atom. The van der Waals surface area contributed by atoms with Gasteiger partial charge in [-0.2, -0.15) is 0 Å². The summed E-state index contributed by atoms with van der Waals surface area (Å²) >= 11 is 0. The van der Waals surface area contributed by atoms with Gasteiger partial charge in [-0.1, -0.05) is 44.8 Å². The minimum Gasteiger partial charge on any atom is -0.459 e. The Kier molecular flexibility index (Phi) is 17.2. The number of esters is 1. The molecule has 38 heavy (non-hydrogen) atoms. The van der Waals surface area contributed by atoms with E-state index in [1.807, 2.05) is 12.2 Å². The summed E-state index contributed by atoms with van der Waals surface area (Å²) in [6.07, 6.45) is 11.4. The predicted octanol–water partition coefficient (Wildman–Crippen LogP) is 3.43. The molecule has 1 rings (SSSR count). The molecule has 0 aromatic carbocycles. The molecule has 0 aromatic heterocycles. The molecule has 3 N–H and O–H groups in total. The first-order valence-corrected chi connectivity index (χ1v) is 13.9. The zero-order chi connectivity index (χ0) is 28.3. The maximum atomic E-state index is 12.3. The molecule has 0 bridgehead atoms. The number of aliphatic hydroxyl groups excluding tert-OH is 2. The van der Waals surface area contributed by atoms with Crippen LogP contribution in [0.25, 0.3) is 0 Å². The van der Waals surface area contributed by atoms with E-state index in [0.717, 1.165) is 19.3 Å². The fraction of sp³-hybridized carbons (Fsp3) is 0.815. The second kappa shape index (κ2) is 19.5. The average molecular weight is 543 g/mol.